The van der Waals surface area contributed by atoms with Gasteiger partial charge in [0.25, 0.3) is 0 Å². The average molecular weight is 321 g/mol. The summed E-state index contributed by atoms with van der Waals surface area (Å²) in [6, 6.07) is 29.8. The van der Waals surface area contributed by atoms with Gasteiger partial charge in [0, 0.05) is 10.6 Å². The third kappa shape index (κ3) is 4.30. The summed E-state index contributed by atoms with van der Waals surface area (Å²) in [5.74, 6) is 0.531. The summed E-state index contributed by atoms with van der Waals surface area (Å²) in [4.78, 5) is 0.864. The molecule has 0 fully saturated rings. The van der Waals surface area contributed by atoms with E-state index < -0.39 is 10.8 Å². The second kappa shape index (κ2) is 7.75. The maximum atomic E-state index is 12.7. The molecule has 2 nitrogen and oxygen atoms in total. The minimum atomic E-state index is -1.05. The molecule has 0 aliphatic rings. The highest BCUT2D eigenvalue weighted by Gasteiger charge is 2.16. The van der Waals surface area contributed by atoms with Gasteiger partial charge in [-0.15, -0.1) is 0 Å². The third-order valence-corrected chi connectivity index (χ3v) is 5.07. The monoisotopic (exact) mass is 321 g/mol. The highest BCUT2D eigenvalue weighted by molar-refractivity contribution is 7.85. The van der Waals surface area contributed by atoms with Crippen LogP contribution in [0.1, 0.15) is 11.6 Å². The van der Waals surface area contributed by atoms with Crippen LogP contribution in [-0.4, -0.2) is 9.96 Å². The lowest BCUT2D eigenvalue weighted by Gasteiger charge is -2.20. The first-order valence-electron chi connectivity index (χ1n) is 7.63. The quantitative estimate of drug-likeness (QED) is 0.716. The molecule has 3 heteroatoms. The van der Waals surface area contributed by atoms with Crippen molar-refractivity contribution < 1.29 is 4.21 Å². The first-order chi connectivity index (χ1) is 11.3. The van der Waals surface area contributed by atoms with Gasteiger partial charge in [0.15, 0.2) is 0 Å². The molecular weight excluding hydrogens is 302 g/mol. The van der Waals surface area contributed by atoms with Gasteiger partial charge < -0.3 is 5.32 Å². The molecule has 0 aliphatic carbocycles. The molecular formula is C20H19NOS. The molecule has 1 unspecified atom stereocenters. The first kappa shape index (κ1) is 15.5. The van der Waals surface area contributed by atoms with E-state index in [-0.39, 0.29) is 6.04 Å². The summed E-state index contributed by atoms with van der Waals surface area (Å²) in [5, 5.41) is 3.50. The third-order valence-electron chi connectivity index (χ3n) is 3.64. The minimum Gasteiger partial charge on any atom is -0.377 e. The Kier molecular flexibility index (Phi) is 5.22. The van der Waals surface area contributed by atoms with E-state index in [2.05, 4.69) is 17.4 Å². The Morgan fingerprint density at radius 3 is 1.87 bits per heavy atom. The van der Waals surface area contributed by atoms with E-state index in [4.69, 9.17) is 0 Å². The van der Waals surface area contributed by atoms with Crippen LogP contribution in [0.25, 0.3) is 0 Å². The fourth-order valence-electron chi connectivity index (χ4n) is 2.46. The second-order valence-electron chi connectivity index (χ2n) is 5.30. The lowest BCUT2D eigenvalue weighted by atomic mass is 10.1. The van der Waals surface area contributed by atoms with Crippen molar-refractivity contribution in [2.24, 2.45) is 0 Å². The predicted octanol–water partition coefficient (Wildman–Crippen LogP) is 4.65. The molecule has 3 aromatic rings. The summed E-state index contributed by atoms with van der Waals surface area (Å²) in [7, 11) is -1.05. The Bertz CT molecular complexity index is 744. The van der Waals surface area contributed by atoms with Crippen LogP contribution in [0.2, 0.25) is 0 Å². The van der Waals surface area contributed by atoms with E-state index >= 15 is 0 Å². The average Bonchev–Trinajstić information content (AvgIpc) is 2.63. The van der Waals surface area contributed by atoms with Gasteiger partial charge in [-0.05, 0) is 29.8 Å². The van der Waals surface area contributed by atoms with Gasteiger partial charge in [0.1, 0.15) is 0 Å². The van der Waals surface area contributed by atoms with Gasteiger partial charge in [-0.1, -0.05) is 66.7 Å². The highest BCUT2D eigenvalue weighted by Crippen LogP contribution is 2.22. The molecule has 3 aromatic carbocycles. The highest BCUT2D eigenvalue weighted by atomic mass is 32.2. The Labute approximate surface area is 139 Å². The molecule has 0 bridgehead atoms. The van der Waals surface area contributed by atoms with Gasteiger partial charge in [-0.3, -0.25) is 4.21 Å². The molecule has 0 aromatic heterocycles. The molecule has 1 N–H and O–H groups in total. The van der Waals surface area contributed by atoms with Crippen LogP contribution in [0, 0.1) is 0 Å². The van der Waals surface area contributed by atoms with Crippen molar-refractivity contribution >= 4 is 16.5 Å². The van der Waals surface area contributed by atoms with Gasteiger partial charge in [-0.25, -0.2) is 0 Å². The molecule has 2 atom stereocenters. The van der Waals surface area contributed by atoms with Crippen molar-refractivity contribution in [1.82, 2.24) is 0 Å². The second-order valence-corrected chi connectivity index (χ2v) is 6.79. The van der Waals surface area contributed by atoms with E-state index in [9.17, 15) is 4.21 Å². The van der Waals surface area contributed by atoms with E-state index in [0.29, 0.717) is 5.75 Å². The summed E-state index contributed by atoms with van der Waals surface area (Å²) in [5.41, 5.74) is 2.17. The minimum absolute atomic E-state index is 0.000334. The van der Waals surface area contributed by atoms with Crippen LogP contribution < -0.4 is 5.32 Å². The fraction of sp³-hybridized carbons (Fsp3) is 0.100. The predicted molar refractivity (Wildman–Crippen MR) is 97.0 cm³/mol. The first-order valence-corrected chi connectivity index (χ1v) is 8.95. The summed E-state index contributed by atoms with van der Waals surface area (Å²) >= 11 is 0. The van der Waals surface area contributed by atoms with Gasteiger partial charge in [0.05, 0.1) is 22.6 Å². The van der Waals surface area contributed by atoms with Crippen LogP contribution >= 0.6 is 0 Å². The number of para-hydroxylation sites is 1. The molecule has 0 saturated heterocycles. The van der Waals surface area contributed by atoms with Crippen molar-refractivity contribution in [3.05, 3.63) is 96.6 Å². The van der Waals surface area contributed by atoms with E-state index in [1.807, 2.05) is 78.9 Å². The normalized spacial score (nSPS) is 13.2. The molecule has 0 aliphatic heterocycles. The van der Waals surface area contributed by atoms with Crippen LogP contribution in [0.15, 0.2) is 95.9 Å². The number of rotatable bonds is 6. The van der Waals surface area contributed by atoms with Crippen molar-refractivity contribution in [2.45, 2.75) is 10.9 Å². The maximum absolute atomic E-state index is 12.7. The van der Waals surface area contributed by atoms with Crippen LogP contribution in [-0.2, 0) is 10.8 Å². The molecule has 0 heterocycles. The fourth-order valence-corrected chi connectivity index (χ4v) is 3.69. The number of hydrogen-bond acceptors (Lipinski definition) is 2. The van der Waals surface area contributed by atoms with Crippen LogP contribution in [0.5, 0.6) is 0 Å². The lowest BCUT2D eigenvalue weighted by Crippen LogP contribution is -2.18. The Hall–Kier alpha value is -2.39. The van der Waals surface area contributed by atoms with Crippen molar-refractivity contribution in [2.75, 3.05) is 11.1 Å². The van der Waals surface area contributed by atoms with Crippen LogP contribution in [0.4, 0.5) is 5.69 Å². The number of anilines is 1. The Balaban J connectivity index is 1.82. The Morgan fingerprint density at radius 2 is 1.26 bits per heavy atom. The SMILES string of the molecule is O=S(C[C@@H](Nc1ccccc1)c1ccccc1)c1ccccc1. The number of nitrogens with one attached hydrogen (secondary N) is 1. The van der Waals surface area contributed by atoms with E-state index in [0.717, 1.165) is 16.1 Å². The van der Waals surface area contributed by atoms with E-state index in [1.165, 1.54) is 0 Å². The van der Waals surface area contributed by atoms with Crippen molar-refractivity contribution in [3.63, 3.8) is 0 Å². The smallest absolute Gasteiger partial charge is 0.0632 e. The zero-order valence-electron chi connectivity index (χ0n) is 12.8. The number of benzene rings is 3. The van der Waals surface area contributed by atoms with Crippen molar-refractivity contribution in [3.8, 4) is 0 Å². The molecule has 23 heavy (non-hydrogen) atoms. The maximum Gasteiger partial charge on any atom is 0.0632 e. The van der Waals surface area contributed by atoms with Crippen LogP contribution in [0.3, 0.4) is 0 Å². The van der Waals surface area contributed by atoms with Gasteiger partial charge in [-0.2, -0.15) is 0 Å². The molecule has 0 saturated carbocycles. The molecule has 3 rings (SSSR count). The standard InChI is InChI=1S/C20H19NOS/c22-23(19-14-8-3-9-15-19)16-20(17-10-4-1-5-11-17)21-18-12-6-2-7-13-18/h1-15,20-21H,16H2/t20-,23?/m1/s1. The Morgan fingerprint density at radius 1 is 0.739 bits per heavy atom. The molecule has 0 amide bonds. The molecule has 0 radical (unpaired) electrons. The summed E-state index contributed by atoms with van der Waals surface area (Å²) in [6.45, 7) is 0. The van der Waals surface area contributed by atoms with Crippen molar-refractivity contribution in [1.29, 1.82) is 0 Å². The van der Waals surface area contributed by atoms with Gasteiger partial charge in [0.2, 0.25) is 0 Å². The zero-order chi connectivity index (χ0) is 15.9. The molecule has 0 spiro atoms. The zero-order valence-corrected chi connectivity index (χ0v) is 13.6. The summed E-state index contributed by atoms with van der Waals surface area (Å²) in [6.07, 6.45) is 0. The molecule has 116 valence electrons. The largest absolute Gasteiger partial charge is 0.377 e. The van der Waals surface area contributed by atoms with E-state index in [1.54, 1.807) is 0 Å². The summed E-state index contributed by atoms with van der Waals surface area (Å²) < 4.78 is 12.7. The number of hydrogen-bond donors (Lipinski definition) is 1. The lowest BCUT2D eigenvalue weighted by molar-refractivity contribution is 0.678. The van der Waals surface area contributed by atoms with Gasteiger partial charge >= 0.3 is 0 Å². The topological polar surface area (TPSA) is 29.1 Å².